The number of carbonyl (C=O) groups is 1. The standard InChI is InChI=1S/C12H13BrO3/c13-9-3-1-8(2-4-9)12(11(15)16)6-5-10(14)7-12/h1-4,10,14H,5-7H2,(H,15,16). The quantitative estimate of drug-likeness (QED) is 0.876. The smallest absolute Gasteiger partial charge is 0.314 e. The number of aliphatic hydroxyl groups excluding tert-OH is 1. The molecule has 1 saturated carbocycles. The van der Waals surface area contributed by atoms with Gasteiger partial charge in [-0.25, -0.2) is 0 Å². The Labute approximate surface area is 102 Å². The summed E-state index contributed by atoms with van der Waals surface area (Å²) in [7, 11) is 0. The maximum atomic E-state index is 11.4. The van der Waals surface area contributed by atoms with E-state index in [9.17, 15) is 15.0 Å². The summed E-state index contributed by atoms with van der Waals surface area (Å²) in [6, 6.07) is 7.31. The fourth-order valence-corrected chi connectivity index (χ4v) is 2.63. The third kappa shape index (κ3) is 1.87. The van der Waals surface area contributed by atoms with Gasteiger partial charge in [-0.3, -0.25) is 4.79 Å². The zero-order valence-electron chi connectivity index (χ0n) is 8.69. The third-order valence-corrected chi connectivity index (χ3v) is 3.82. The Kier molecular flexibility index (Phi) is 3.04. The first kappa shape index (κ1) is 11.6. The predicted molar refractivity (Wildman–Crippen MR) is 63.3 cm³/mol. The van der Waals surface area contributed by atoms with E-state index in [0.717, 1.165) is 10.0 Å². The number of halogens is 1. The van der Waals surface area contributed by atoms with Crippen molar-refractivity contribution in [1.29, 1.82) is 0 Å². The molecule has 2 unspecified atom stereocenters. The van der Waals surface area contributed by atoms with E-state index in [1.165, 1.54) is 0 Å². The second-order valence-electron chi connectivity index (χ2n) is 4.29. The molecule has 0 aromatic heterocycles. The molecule has 86 valence electrons. The van der Waals surface area contributed by atoms with Crippen molar-refractivity contribution >= 4 is 21.9 Å². The van der Waals surface area contributed by atoms with Crippen LogP contribution in [0.4, 0.5) is 0 Å². The van der Waals surface area contributed by atoms with Crippen LogP contribution in [0.15, 0.2) is 28.7 Å². The van der Waals surface area contributed by atoms with Crippen molar-refractivity contribution < 1.29 is 15.0 Å². The van der Waals surface area contributed by atoms with E-state index in [0.29, 0.717) is 19.3 Å². The van der Waals surface area contributed by atoms with E-state index in [4.69, 9.17) is 0 Å². The van der Waals surface area contributed by atoms with Gasteiger partial charge in [-0.2, -0.15) is 0 Å². The molecule has 1 aliphatic carbocycles. The number of carboxylic acid groups (broad SMARTS) is 1. The molecule has 0 spiro atoms. The normalized spacial score (nSPS) is 29.2. The average Bonchev–Trinajstić information content (AvgIpc) is 2.63. The number of benzene rings is 1. The summed E-state index contributed by atoms with van der Waals surface area (Å²) < 4.78 is 0.926. The zero-order chi connectivity index (χ0) is 11.8. The zero-order valence-corrected chi connectivity index (χ0v) is 10.3. The van der Waals surface area contributed by atoms with Gasteiger partial charge in [-0.1, -0.05) is 28.1 Å². The van der Waals surface area contributed by atoms with Crippen LogP contribution in [0.25, 0.3) is 0 Å². The van der Waals surface area contributed by atoms with Gasteiger partial charge < -0.3 is 10.2 Å². The Morgan fingerprint density at radius 2 is 2.00 bits per heavy atom. The Balaban J connectivity index is 2.40. The van der Waals surface area contributed by atoms with Crippen LogP contribution < -0.4 is 0 Å². The monoisotopic (exact) mass is 284 g/mol. The fourth-order valence-electron chi connectivity index (χ4n) is 2.37. The molecule has 0 heterocycles. The molecule has 1 aromatic carbocycles. The first-order valence-electron chi connectivity index (χ1n) is 5.22. The van der Waals surface area contributed by atoms with E-state index in [1.54, 1.807) is 0 Å². The third-order valence-electron chi connectivity index (χ3n) is 3.29. The predicted octanol–water partition coefficient (Wildman–Crippen LogP) is 2.32. The van der Waals surface area contributed by atoms with Crippen molar-refractivity contribution in [1.82, 2.24) is 0 Å². The molecular formula is C12H13BrO3. The van der Waals surface area contributed by atoms with Crippen molar-refractivity contribution in [2.24, 2.45) is 0 Å². The summed E-state index contributed by atoms with van der Waals surface area (Å²) in [4.78, 5) is 11.4. The van der Waals surface area contributed by atoms with Gasteiger partial charge in [0.05, 0.1) is 11.5 Å². The number of hydrogen-bond acceptors (Lipinski definition) is 2. The second kappa shape index (κ2) is 4.18. The lowest BCUT2D eigenvalue weighted by Crippen LogP contribution is -2.33. The van der Waals surface area contributed by atoms with Gasteiger partial charge in [0.1, 0.15) is 0 Å². The van der Waals surface area contributed by atoms with Crippen molar-refractivity contribution in [3.63, 3.8) is 0 Å². The van der Waals surface area contributed by atoms with Crippen molar-refractivity contribution in [2.75, 3.05) is 0 Å². The average molecular weight is 285 g/mol. The van der Waals surface area contributed by atoms with Crippen LogP contribution >= 0.6 is 15.9 Å². The lowest BCUT2D eigenvalue weighted by molar-refractivity contribution is -0.144. The fraction of sp³-hybridized carbons (Fsp3) is 0.417. The molecule has 0 amide bonds. The molecule has 0 saturated heterocycles. The summed E-state index contributed by atoms with van der Waals surface area (Å²) >= 11 is 3.32. The molecule has 16 heavy (non-hydrogen) atoms. The molecule has 0 radical (unpaired) electrons. The highest BCUT2D eigenvalue weighted by molar-refractivity contribution is 9.10. The van der Waals surface area contributed by atoms with Crippen molar-refractivity contribution in [3.8, 4) is 0 Å². The molecule has 1 fully saturated rings. The van der Waals surface area contributed by atoms with Gasteiger partial charge in [-0.05, 0) is 37.0 Å². The summed E-state index contributed by atoms with van der Waals surface area (Å²) in [6.07, 6.45) is 0.872. The Morgan fingerprint density at radius 1 is 1.38 bits per heavy atom. The molecular weight excluding hydrogens is 272 g/mol. The van der Waals surface area contributed by atoms with E-state index in [2.05, 4.69) is 15.9 Å². The molecule has 1 aliphatic rings. The molecule has 2 atom stereocenters. The first-order chi connectivity index (χ1) is 7.54. The molecule has 2 N–H and O–H groups in total. The molecule has 4 heteroatoms. The van der Waals surface area contributed by atoms with Crippen molar-refractivity contribution in [2.45, 2.75) is 30.8 Å². The van der Waals surface area contributed by atoms with Gasteiger partial charge in [-0.15, -0.1) is 0 Å². The summed E-state index contributed by atoms with van der Waals surface area (Å²) in [5.74, 6) is -0.841. The van der Waals surface area contributed by atoms with Gasteiger partial charge in [0.15, 0.2) is 0 Å². The molecule has 0 bridgehead atoms. The second-order valence-corrected chi connectivity index (χ2v) is 5.21. The lowest BCUT2D eigenvalue weighted by atomic mass is 9.79. The van der Waals surface area contributed by atoms with Gasteiger partial charge in [0.2, 0.25) is 0 Å². The van der Waals surface area contributed by atoms with Crippen LogP contribution in [0.2, 0.25) is 0 Å². The Morgan fingerprint density at radius 3 is 2.44 bits per heavy atom. The molecule has 1 aromatic rings. The maximum absolute atomic E-state index is 11.4. The van der Waals surface area contributed by atoms with Crippen LogP contribution in [-0.2, 0) is 10.2 Å². The number of carboxylic acids is 1. The van der Waals surface area contributed by atoms with Crippen LogP contribution in [0.1, 0.15) is 24.8 Å². The highest BCUT2D eigenvalue weighted by Crippen LogP contribution is 2.41. The van der Waals surface area contributed by atoms with E-state index < -0.39 is 17.5 Å². The van der Waals surface area contributed by atoms with E-state index in [1.807, 2.05) is 24.3 Å². The summed E-state index contributed by atoms with van der Waals surface area (Å²) in [5.41, 5.74) is -0.125. The molecule has 3 nitrogen and oxygen atoms in total. The molecule has 2 rings (SSSR count). The maximum Gasteiger partial charge on any atom is 0.314 e. The summed E-state index contributed by atoms with van der Waals surface area (Å²) in [6.45, 7) is 0. The van der Waals surface area contributed by atoms with E-state index >= 15 is 0 Å². The summed E-state index contributed by atoms with van der Waals surface area (Å²) in [5, 5.41) is 18.9. The van der Waals surface area contributed by atoms with Crippen LogP contribution in [0, 0.1) is 0 Å². The van der Waals surface area contributed by atoms with Crippen LogP contribution in [0.5, 0.6) is 0 Å². The Bertz CT molecular complexity index is 401. The van der Waals surface area contributed by atoms with Gasteiger partial charge in [0.25, 0.3) is 0 Å². The van der Waals surface area contributed by atoms with E-state index in [-0.39, 0.29) is 0 Å². The number of aliphatic carboxylic acids is 1. The minimum Gasteiger partial charge on any atom is -0.481 e. The van der Waals surface area contributed by atoms with Gasteiger partial charge in [0, 0.05) is 4.47 Å². The van der Waals surface area contributed by atoms with Gasteiger partial charge >= 0.3 is 5.97 Å². The highest BCUT2D eigenvalue weighted by Gasteiger charge is 2.46. The Hall–Kier alpha value is -0.870. The topological polar surface area (TPSA) is 57.5 Å². The van der Waals surface area contributed by atoms with Crippen molar-refractivity contribution in [3.05, 3.63) is 34.3 Å². The highest BCUT2D eigenvalue weighted by atomic mass is 79.9. The minimum atomic E-state index is -0.903. The SMILES string of the molecule is O=C(O)C1(c2ccc(Br)cc2)CCC(O)C1. The number of hydrogen-bond donors (Lipinski definition) is 2. The number of rotatable bonds is 2. The minimum absolute atomic E-state index is 0.309. The lowest BCUT2D eigenvalue weighted by Gasteiger charge is -2.24. The van der Waals surface area contributed by atoms with Crippen LogP contribution in [0.3, 0.4) is 0 Å². The number of aliphatic hydroxyl groups is 1. The largest absolute Gasteiger partial charge is 0.481 e. The van der Waals surface area contributed by atoms with Crippen LogP contribution in [-0.4, -0.2) is 22.3 Å². The molecule has 0 aliphatic heterocycles. The first-order valence-corrected chi connectivity index (χ1v) is 6.01.